The van der Waals surface area contributed by atoms with Crippen LogP contribution in [0, 0.1) is 0 Å². The van der Waals surface area contributed by atoms with E-state index in [-0.39, 0.29) is 13.6 Å². The van der Waals surface area contributed by atoms with E-state index in [2.05, 4.69) is 5.32 Å². The Morgan fingerprint density at radius 2 is 1.66 bits per heavy atom. The second kappa shape index (κ2) is 6.59. The van der Waals surface area contributed by atoms with Crippen LogP contribution in [0.5, 0.6) is 23.0 Å². The summed E-state index contributed by atoms with van der Waals surface area (Å²) in [6.07, 6.45) is 0. The standard InChI is InChI=1S/C21H15NO7/c23-18(24)8-22-21(25)13-5-12-2-4-16-20(29-10-27-16)19(12)14(6-13)11-1-3-15-17(7-11)28-9-26-15/h1-7H,8-10H2,(H,22,25)(H,23,24). The van der Waals surface area contributed by atoms with Crippen LogP contribution in [0.4, 0.5) is 0 Å². The van der Waals surface area contributed by atoms with Crippen molar-refractivity contribution in [1.29, 1.82) is 0 Å². The monoisotopic (exact) mass is 393 g/mol. The van der Waals surface area contributed by atoms with Crippen LogP contribution >= 0.6 is 0 Å². The third-order valence-corrected chi connectivity index (χ3v) is 4.80. The zero-order valence-corrected chi connectivity index (χ0v) is 15.1. The van der Waals surface area contributed by atoms with Crippen molar-refractivity contribution in [2.45, 2.75) is 0 Å². The van der Waals surface area contributed by atoms with Gasteiger partial charge in [0.1, 0.15) is 6.54 Å². The van der Waals surface area contributed by atoms with E-state index in [0.29, 0.717) is 28.6 Å². The van der Waals surface area contributed by atoms with E-state index in [4.69, 9.17) is 24.1 Å². The lowest BCUT2D eigenvalue weighted by molar-refractivity contribution is -0.135. The summed E-state index contributed by atoms with van der Waals surface area (Å²) in [5.41, 5.74) is 1.88. The highest BCUT2D eigenvalue weighted by Gasteiger charge is 2.23. The molecule has 8 nitrogen and oxygen atoms in total. The number of benzene rings is 3. The molecule has 3 aromatic rings. The Labute approximate surface area is 164 Å². The molecule has 2 aliphatic heterocycles. The van der Waals surface area contributed by atoms with Gasteiger partial charge in [-0.2, -0.15) is 0 Å². The van der Waals surface area contributed by atoms with Gasteiger partial charge in [0.05, 0.1) is 0 Å². The smallest absolute Gasteiger partial charge is 0.322 e. The van der Waals surface area contributed by atoms with Gasteiger partial charge in [-0.05, 0) is 46.8 Å². The highest BCUT2D eigenvalue weighted by atomic mass is 16.7. The van der Waals surface area contributed by atoms with Gasteiger partial charge in [0.25, 0.3) is 5.91 Å². The Bertz CT molecular complexity index is 1170. The summed E-state index contributed by atoms with van der Waals surface area (Å²) in [5, 5.41) is 12.8. The quantitative estimate of drug-likeness (QED) is 0.702. The number of fused-ring (bicyclic) bond motifs is 4. The lowest BCUT2D eigenvalue weighted by Crippen LogP contribution is -2.29. The summed E-state index contributed by atoms with van der Waals surface area (Å²) in [4.78, 5) is 23.3. The summed E-state index contributed by atoms with van der Waals surface area (Å²) < 4.78 is 22.1. The van der Waals surface area contributed by atoms with Crippen LogP contribution in [0.3, 0.4) is 0 Å². The maximum Gasteiger partial charge on any atom is 0.322 e. The first-order chi connectivity index (χ1) is 14.1. The summed E-state index contributed by atoms with van der Waals surface area (Å²) in [7, 11) is 0. The third-order valence-electron chi connectivity index (χ3n) is 4.80. The van der Waals surface area contributed by atoms with Crippen molar-refractivity contribution in [2.24, 2.45) is 0 Å². The van der Waals surface area contributed by atoms with Gasteiger partial charge < -0.3 is 29.4 Å². The van der Waals surface area contributed by atoms with Gasteiger partial charge in [-0.15, -0.1) is 0 Å². The molecular weight excluding hydrogens is 378 g/mol. The maximum atomic E-state index is 12.5. The van der Waals surface area contributed by atoms with Crippen molar-refractivity contribution in [3.8, 4) is 34.1 Å². The Morgan fingerprint density at radius 3 is 2.52 bits per heavy atom. The summed E-state index contributed by atoms with van der Waals surface area (Å²) in [5.74, 6) is 0.905. The van der Waals surface area contributed by atoms with Gasteiger partial charge in [0.15, 0.2) is 23.0 Å². The molecule has 0 radical (unpaired) electrons. The molecule has 1 amide bonds. The lowest BCUT2D eigenvalue weighted by Gasteiger charge is -2.13. The number of aliphatic carboxylic acids is 1. The fourth-order valence-corrected chi connectivity index (χ4v) is 3.50. The average Bonchev–Trinajstić information content (AvgIpc) is 3.39. The maximum absolute atomic E-state index is 12.5. The van der Waals surface area contributed by atoms with Crippen molar-refractivity contribution in [2.75, 3.05) is 20.1 Å². The van der Waals surface area contributed by atoms with E-state index in [1.807, 2.05) is 18.2 Å². The minimum absolute atomic E-state index is 0.121. The van der Waals surface area contributed by atoms with Crippen LogP contribution in [0.2, 0.25) is 0 Å². The Morgan fingerprint density at radius 1 is 0.897 bits per heavy atom. The molecule has 0 saturated heterocycles. The SMILES string of the molecule is O=C(O)CNC(=O)c1cc(-c2ccc3c(c2)OCO3)c2c3c(ccc2c1)OCO3. The van der Waals surface area contributed by atoms with Crippen LogP contribution < -0.4 is 24.3 Å². The number of hydrogen-bond donors (Lipinski definition) is 2. The molecule has 0 unspecified atom stereocenters. The van der Waals surface area contributed by atoms with E-state index in [1.165, 1.54) is 0 Å². The molecule has 0 fully saturated rings. The Balaban J connectivity index is 1.70. The molecule has 0 aromatic heterocycles. The lowest BCUT2D eigenvalue weighted by atomic mass is 9.94. The predicted octanol–water partition coefficient (Wildman–Crippen LogP) is 2.78. The number of ether oxygens (including phenoxy) is 4. The zero-order chi connectivity index (χ0) is 20.0. The van der Waals surface area contributed by atoms with Crippen LogP contribution in [0.25, 0.3) is 21.9 Å². The van der Waals surface area contributed by atoms with Crippen LogP contribution in [-0.2, 0) is 4.79 Å². The first-order valence-electron chi connectivity index (χ1n) is 8.86. The third kappa shape index (κ3) is 2.94. The number of carbonyl (C=O) groups excluding carboxylic acids is 1. The largest absolute Gasteiger partial charge is 0.480 e. The van der Waals surface area contributed by atoms with Crippen molar-refractivity contribution >= 4 is 22.6 Å². The molecule has 3 aromatic carbocycles. The fourth-order valence-electron chi connectivity index (χ4n) is 3.50. The minimum Gasteiger partial charge on any atom is -0.480 e. The van der Waals surface area contributed by atoms with Gasteiger partial charge >= 0.3 is 5.97 Å². The number of nitrogens with one attached hydrogen (secondary N) is 1. The van der Waals surface area contributed by atoms with Crippen LogP contribution in [0.1, 0.15) is 10.4 Å². The molecule has 2 aliphatic rings. The molecule has 8 heteroatoms. The first-order valence-corrected chi connectivity index (χ1v) is 8.86. The first kappa shape index (κ1) is 17.2. The fraction of sp³-hybridized carbons (Fsp3) is 0.143. The molecule has 0 saturated carbocycles. The summed E-state index contributed by atoms with van der Waals surface area (Å²) in [6.45, 7) is -0.184. The molecule has 146 valence electrons. The molecular formula is C21H15NO7. The van der Waals surface area contributed by atoms with Crippen molar-refractivity contribution in [3.63, 3.8) is 0 Å². The summed E-state index contributed by atoms with van der Waals surface area (Å²) in [6, 6.07) is 12.5. The van der Waals surface area contributed by atoms with Crippen molar-refractivity contribution in [1.82, 2.24) is 5.32 Å². The van der Waals surface area contributed by atoms with E-state index in [0.717, 1.165) is 21.9 Å². The second-order valence-corrected chi connectivity index (χ2v) is 6.57. The zero-order valence-electron chi connectivity index (χ0n) is 15.1. The van der Waals surface area contributed by atoms with E-state index in [9.17, 15) is 9.59 Å². The molecule has 2 N–H and O–H groups in total. The number of hydrogen-bond acceptors (Lipinski definition) is 6. The topological polar surface area (TPSA) is 103 Å². The van der Waals surface area contributed by atoms with Gasteiger partial charge in [0.2, 0.25) is 13.6 Å². The number of carboxylic acid groups (broad SMARTS) is 1. The Kier molecular flexibility index (Phi) is 3.90. The molecule has 2 heterocycles. The molecule has 0 aliphatic carbocycles. The van der Waals surface area contributed by atoms with Crippen LogP contribution in [-0.4, -0.2) is 37.1 Å². The van der Waals surface area contributed by atoms with Gasteiger partial charge in [-0.25, -0.2) is 0 Å². The highest BCUT2D eigenvalue weighted by molar-refractivity contribution is 6.08. The molecule has 29 heavy (non-hydrogen) atoms. The number of amides is 1. The molecule has 0 spiro atoms. The van der Waals surface area contributed by atoms with Crippen molar-refractivity contribution in [3.05, 3.63) is 48.0 Å². The Hall–Kier alpha value is -3.94. The second-order valence-electron chi connectivity index (χ2n) is 6.57. The highest BCUT2D eigenvalue weighted by Crippen LogP contribution is 2.46. The number of carbonyl (C=O) groups is 2. The number of rotatable bonds is 4. The van der Waals surface area contributed by atoms with Crippen molar-refractivity contribution < 1.29 is 33.6 Å². The normalized spacial score (nSPS) is 13.5. The molecule has 5 rings (SSSR count). The summed E-state index contributed by atoms with van der Waals surface area (Å²) >= 11 is 0. The number of carboxylic acids is 1. The van der Waals surface area contributed by atoms with E-state index < -0.39 is 18.4 Å². The molecule has 0 atom stereocenters. The van der Waals surface area contributed by atoms with E-state index in [1.54, 1.807) is 24.3 Å². The van der Waals surface area contributed by atoms with Crippen LogP contribution in [0.15, 0.2) is 42.5 Å². The van der Waals surface area contributed by atoms with Gasteiger partial charge in [0, 0.05) is 10.9 Å². The predicted molar refractivity (Wildman–Crippen MR) is 102 cm³/mol. The molecule has 0 bridgehead atoms. The van der Waals surface area contributed by atoms with E-state index >= 15 is 0 Å². The van der Waals surface area contributed by atoms with Gasteiger partial charge in [-0.1, -0.05) is 12.1 Å². The average molecular weight is 393 g/mol. The van der Waals surface area contributed by atoms with Gasteiger partial charge in [-0.3, -0.25) is 9.59 Å². The minimum atomic E-state index is -1.11.